The Morgan fingerprint density at radius 3 is 2.76 bits per heavy atom. The van der Waals surface area contributed by atoms with E-state index in [1.165, 1.54) is 24.8 Å². The van der Waals surface area contributed by atoms with Crippen molar-refractivity contribution in [3.8, 4) is 5.75 Å². The summed E-state index contributed by atoms with van der Waals surface area (Å²) in [6.07, 6.45) is 6.53. The number of aliphatic hydroxyl groups is 1. The molecule has 1 aromatic carbocycles. The largest absolute Gasteiger partial charge is 0.490 e. The van der Waals surface area contributed by atoms with Crippen LogP contribution in [0, 0.1) is 0 Å². The fourth-order valence-corrected chi connectivity index (χ4v) is 3.85. The van der Waals surface area contributed by atoms with Gasteiger partial charge in [-0.15, -0.1) is 0 Å². The van der Waals surface area contributed by atoms with Crippen LogP contribution in [-0.4, -0.2) is 48.5 Å². The topological polar surface area (TPSA) is 41.9 Å². The number of likely N-dealkylation sites (tertiary alicyclic amines) is 1. The van der Waals surface area contributed by atoms with Gasteiger partial charge in [-0.1, -0.05) is 36.3 Å². The lowest BCUT2D eigenvalue weighted by molar-refractivity contribution is 0.00828. The van der Waals surface area contributed by atoms with Crippen LogP contribution in [0.2, 0.25) is 0 Å². The van der Waals surface area contributed by atoms with E-state index in [2.05, 4.69) is 30.9 Å². The molecule has 1 aromatic rings. The fraction of sp³-hybridized carbons (Fsp3) is 0.619. The van der Waals surface area contributed by atoms with Crippen molar-refractivity contribution in [2.24, 2.45) is 0 Å². The molecule has 138 valence electrons. The summed E-state index contributed by atoms with van der Waals surface area (Å²) in [5, 5.41) is 10.3. The molecule has 4 heteroatoms. The van der Waals surface area contributed by atoms with Crippen molar-refractivity contribution in [1.82, 2.24) is 4.90 Å². The predicted octanol–water partition coefficient (Wildman–Crippen LogP) is 3.71. The Kier molecular flexibility index (Phi) is 6.51. The molecule has 4 nitrogen and oxygen atoms in total. The summed E-state index contributed by atoms with van der Waals surface area (Å²) in [6, 6.07) is 8.05. The average molecular weight is 345 g/mol. The first-order valence-corrected chi connectivity index (χ1v) is 9.56. The Hall–Kier alpha value is -1.36. The zero-order valence-electron chi connectivity index (χ0n) is 15.5. The Morgan fingerprint density at radius 2 is 2.00 bits per heavy atom. The molecule has 0 bridgehead atoms. The molecule has 1 N–H and O–H groups in total. The van der Waals surface area contributed by atoms with E-state index in [4.69, 9.17) is 9.47 Å². The summed E-state index contributed by atoms with van der Waals surface area (Å²) in [5.41, 5.74) is 2.43. The summed E-state index contributed by atoms with van der Waals surface area (Å²) in [4.78, 5) is 2.34. The van der Waals surface area contributed by atoms with Crippen LogP contribution in [0.25, 0.3) is 0 Å². The minimum absolute atomic E-state index is 0.0236. The first kappa shape index (κ1) is 18.4. The molecule has 2 heterocycles. The average Bonchev–Trinajstić information content (AvgIpc) is 2.60. The number of benzene rings is 1. The lowest BCUT2D eigenvalue weighted by Gasteiger charge is -2.29. The van der Waals surface area contributed by atoms with Crippen LogP contribution in [0.1, 0.15) is 51.2 Å². The molecule has 3 rings (SSSR count). The standard InChI is InChI=1S/C21H31NO3/c1-16-12-17(2)25-21(13-16)19-8-4-5-9-20(19)24-15-18(23)14-22-10-6-3-7-11-22/h4-5,8-9,12,17-18,21,23H,3,6-7,10-11,13-15H2,1-2H3. The van der Waals surface area contributed by atoms with Crippen molar-refractivity contribution in [2.75, 3.05) is 26.2 Å². The van der Waals surface area contributed by atoms with Crippen molar-refractivity contribution >= 4 is 0 Å². The van der Waals surface area contributed by atoms with Gasteiger partial charge < -0.3 is 19.5 Å². The zero-order chi connectivity index (χ0) is 17.6. The summed E-state index contributed by atoms with van der Waals surface area (Å²) in [5.74, 6) is 0.826. The quantitative estimate of drug-likeness (QED) is 0.798. The van der Waals surface area contributed by atoms with Gasteiger partial charge in [0, 0.05) is 12.1 Å². The minimum atomic E-state index is -0.459. The van der Waals surface area contributed by atoms with Gasteiger partial charge >= 0.3 is 0 Å². The van der Waals surface area contributed by atoms with Crippen molar-refractivity contribution in [2.45, 2.75) is 57.8 Å². The van der Waals surface area contributed by atoms with Crippen molar-refractivity contribution < 1.29 is 14.6 Å². The number of nitrogens with zero attached hydrogens (tertiary/aromatic N) is 1. The summed E-state index contributed by atoms with van der Waals surface area (Å²) in [6.45, 7) is 7.42. The molecule has 0 aromatic heterocycles. The second-order valence-electron chi connectivity index (χ2n) is 7.41. The first-order chi connectivity index (χ1) is 12.1. The third-order valence-corrected chi connectivity index (χ3v) is 5.02. The van der Waals surface area contributed by atoms with E-state index in [1.807, 2.05) is 18.2 Å². The van der Waals surface area contributed by atoms with Gasteiger partial charge in [-0.05, 0) is 52.3 Å². The Labute approximate surface area is 151 Å². The summed E-state index contributed by atoms with van der Waals surface area (Å²) < 4.78 is 12.1. The van der Waals surface area contributed by atoms with Gasteiger partial charge in [-0.25, -0.2) is 0 Å². The number of hydrogen-bond donors (Lipinski definition) is 1. The second-order valence-corrected chi connectivity index (χ2v) is 7.41. The predicted molar refractivity (Wildman–Crippen MR) is 99.9 cm³/mol. The highest BCUT2D eigenvalue weighted by molar-refractivity contribution is 5.36. The lowest BCUT2D eigenvalue weighted by Crippen LogP contribution is -2.38. The van der Waals surface area contributed by atoms with E-state index in [0.717, 1.165) is 30.8 Å². The Bertz CT molecular complexity index is 580. The number of hydrogen-bond acceptors (Lipinski definition) is 4. The van der Waals surface area contributed by atoms with Crippen LogP contribution >= 0.6 is 0 Å². The smallest absolute Gasteiger partial charge is 0.125 e. The lowest BCUT2D eigenvalue weighted by atomic mass is 9.97. The van der Waals surface area contributed by atoms with Crippen LogP contribution in [0.15, 0.2) is 35.9 Å². The number of piperidine rings is 1. The minimum Gasteiger partial charge on any atom is -0.490 e. The van der Waals surface area contributed by atoms with Crippen LogP contribution in [0.4, 0.5) is 0 Å². The highest BCUT2D eigenvalue weighted by Crippen LogP contribution is 2.36. The third kappa shape index (κ3) is 5.30. The molecule has 3 atom stereocenters. The van der Waals surface area contributed by atoms with Gasteiger partial charge in [0.25, 0.3) is 0 Å². The van der Waals surface area contributed by atoms with Crippen molar-refractivity contribution in [3.63, 3.8) is 0 Å². The van der Waals surface area contributed by atoms with Gasteiger partial charge in [0.05, 0.1) is 12.2 Å². The SMILES string of the molecule is CC1=CC(C)OC(c2ccccc2OCC(O)CN2CCCCC2)C1. The zero-order valence-corrected chi connectivity index (χ0v) is 15.5. The molecule has 25 heavy (non-hydrogen) atoms. The molecule has 0 radical (unpaired) electrons. The molecule has 1 saturated heterocycles. The van der Waals surface area contributed by atoms with Crippen LogP contribution in [0.5, 0.6) is 5.75 Å². The van der Waals surface area contributed by atoms with Gasteiger partial charge in [0.1, 0.15) is 18.5 Å². The Balaban J connectivity index is 1.58. The third-order valence-electron chi connectivity index (χ3n) is 5.02. The molecule has 0 amide bonds. The van der Waals surface area contributed by atoms with Gasteiger partial charge in [0.15, 0.2) is 0 Å². The van der Waals surface area contributed by atoms with Crippen LogP contribution < -0.4 is 4.74 Å². The molecule has 3 unspecified atom stereocenters. The van der Waals surface area contributed by atoms with Crippen molar-refractivity contribution in [3.05, 3.63) is 41.5 Å². The summed E-state index contributed by atoms with van der Waals surface area (Å²) >= 11 is 0. The number of rotatable bonds is 6. The molecule has 0 saturated carbocycles. The summed E-state index contributed by atoms with van der Waals surface area (Å²) in [7, 11) is 0. The van der Waals surface area contributed by atoms with Gasteiger partial charge in [-0.3, -0.25) is 0 Å². The monoisotopic (exact) mass is 345 g/mol. The van der Waals surface area contributed by atoms with E-state index in [9.17, 15) is 5.11 Å². The fourth-order valence-electron chi connectivity index (χ4n) is 3.85. The number of para-hydroxylation sites is 1. The normalized spacial score (nSPS) is 26.1. The maximum Gasteiger partial charge on any atom is 0.125 e. The Morgan fingerprint density at radius 1 is 1.24 bits per heavy atom. The number of aliphatic hydroxyl groups excluding tert-OH is 1. The molecule has 1 fully saturated rings. The highest BCUT2D eigenvalue weighted by atomic mass is 16.5. The number of β-amino-alcohol motifs (C(OH)–C–C–N with tert-alkyl or cyclic N) is 1. The molecular formula is C21H31NO3. The van der Waals surface area contributed by atoms with E-state index >= 15 is 0 Å². The van der Waals surface area contributed by atoms with Crippen LogP contribution in [0.3, 0.4) is 0 Å². The van der Waals surface area contributed by atoms with Gasteiger partial charge in [0.2, 0.25) is 0 Å². The molecular weight excluding hydrogens is 314 g/mol. The van der Waals surface area contributed by atoms with E-state index in [1.54, 1.807) is 0 Å². The molecule has 2 aliphatic rings. The van der Waals surface area contributed by atoms with Crippen molar-refractivity contribution in [1.29, 1.82) is 0 Å². The molecule has 0 aliphatic carbocycles. The van der Waals surface area contributed by atoms with E-state index < -0.39 is 6.10 Å². The molecule has 0 spiro atoms. The maximum absolute atomic E-state index is 10.3. The second kappa shape index (κ2) is 8.84. The van der Waals surface area contributed by atoms with E-state index in [-0.39, 0.29) is 12.2 Å². The highest BCUT2D eigenvalue weighted by Gasteiger charge is 2.23. The molecule has 2 aliphatic heterocycles. The van der Waals surface area contributed by atoms with Gasteiger partial charge in [-0.2, -0.15) is 0 Å². The maximum atomic E-state index is 10.3. The van der Waals surface area contributed by atoms with Crippen LogP contribution in [-0.2, 0) is 4.74 Å². The first-order valence-electron chi connectivity index (χ1n) is 9.56. The number of ether oxygens (including phenoxy) is 2. The van der Waals surface area contributed by atoms with E-state index in [0.29, 0.717) is 13.2 Å².